The number of benzene rings is 1. The summed E-state index contributed by atoms with van der Waals surface area (Å²) in [5.41, 5.74) is -0.865. The molecule has 6 nitrogen and oxygen atoms in total. The summed E-state index contributed by atoms with van der Waals surface area (Å²) in [6, 6.07) is 4.61. The van der Waals surface area contributed by atoms with Gasteiger partial charge in [-0.1, -0.05) is 12.1 Å². The second-order valence-electron chi connectivity index (χ2n) is 4.50. The van der Waals surface area contributed by atoms with Gasteiger partial charge >= 0.3 is 0 Å². The number of phenolic OH excluding ortho intramolecular Hbond substituents is 2. The highest BCUT2D eigenvalue weighted by Crippen LogP contribution is 2.45. The summed E-state index contributed by atoms with van der Waals surface area (Å²) in [6.45, 7) is 1.76. The number of rotatable bonds is 7. The fraction of sp³-hybridized carbons (Fsp3) is 0.571. The Kier molecular flexibility index (Phi) is 5.35. The van der Waals surface area contributed by atoms with Gasteiger partial charge in [0, 0.05) is 34.0 Å². The smallest absolute Gasteiger partial charge is 0.225 e. The average molecular weight is 286 g/mol. The fourth-order valence-electron chi connectivity index (χ4n) is 2.31. The first-order chi connectivity index (χ1) is 9.42. The van der Waals surface area contributed by atoms with Crippen LogP contribution in [0.4, 0.5) is 0 Å². The Hall–Kier alpha value is -1.34. The van der Waals surface area contributed by atoms with Crippen LogP contribution in [0.1, 0.15) is 12.5 Å². The maximum Gasteiger partial charge on any atom is 0.225 e. The Balaban J connectivity index is 3.48. The van der Waals surface area contributed by atoms with E-state index in [2.05, 4.69) is 0 Å². The van der Waals surface area contributed by atoms with Crippen molar-refractivity contribution in [3.05, 3.63) is 23.8 Å². The van der Waals surface area contributed by atoms with Gasteiger partial charge in [-0.15, -0.1) is 0 Å². The zero-order valence-electron chi connectivity index (χ0n) is 12.5. The molecule has 1 aromatic carbocycles. The van der Waals surface area contributed by atoms with Crippen molar-refractivity contribution in [2.45, 2.75) is 18.3 Å². The third kappa shape index (κ3) is 2.47. The second kappa shape index (κ2) is 6.41. The van der Waals surface area contributed by atoms with Gasteiger partial charge in [-0.3, -0.25) is 0 Å². The molecule has 0 aliphatic heterocycles. The van der Waals surface area contributed by atoms with E-state index in [9.17, 15) is 10.2 Å². The van der Waals surface area contributed by atoms with E-state index >= 15 is 0 Å². The first-order valence-corrected chi connectivity index (χ1v) is 6.08. The fourth-order valence-corrected chi connectivity index (χ4v) is 2.31. The van der Waals surface area contributed by atoms with Gasteiger partial charge in [0.15, 0.2) is 11.5 Å². The van der Waals surface area contributed by atoms with Crippen molar-refractivity contribution in [2.75, 3.05) is 35.0 Å². The normalized spacial score (nSPS) is 15.1. The van der Waals surface area contributed by atoms with Crippen LogP contribution in [0.2, 0.25) is 0 Å². The quantitative estimate of drug-likeness (QED) is 0.585. The predicted octanol–water partition coefficient (Wildman–Crippen LogP) is 1.59. The van der Waals surface area contributed by atoms with Crippen molar-refractivity contribution >= 4 is 0 Å². The minimum Gasteiger partial charge on any atom is -0.504 e. The molecule has 6 heteroatoms. The van der Waals surface area contributed by atoms with E-state index in [0.717, 1.165) is 0 Å². The van der Waals surface area contributed by atoms with E-state index < -0.39 is 11.4 Å². The van der Waals surface area contributed by atoms with E-state index in [1.165, 1.54) is 34.5 Å². The molecule has 1 rings (SSSR count). The second-order valence-corrected chi connectivity index (χ2v) is 4.50. The van der Waals surface area contributed by atoms with Gasteiger partial charge < -0.3 is 29.2 Å². The van der Waals surface area contributed by atoms with Crippen LogP contribution in [0.3, 0.4) is 0 Å². The summed E-state index contributed by atoms with van der Waals surface area (Å²) in [7, 11) is 5.89. The highest BCUT2D eigenvalue weighted by Gasteiger charge is 2.53. The maximum absolute atomic E-state index is 10.1. The molecule has 0 amide bonds. The largest absolute Gasteiger partial charge is 0.504 e. The lowest BCUT2D eigenvalue weighted by atomic mass is 9.85. The third-order valence-electron chi connectivity index (χ3n) is 3.66. The van der Waals surface area contributed by atoms with Crippen LogP contribution >= 0.6 is 0 Å². The van der Waals surface area contributed by atoms with Gasteiger partial charge in [0.05, 0.1) is 0 Å². The standard InChI is InChI=1S/C14H22O6/c1-13(18-3,14(19-4,20-5)9-17-2)10-7-6-8-11(15)12(10)16/h6-8,15-16H,9H2,1-5H3. The highest BCUT2D eigenvalue weighted by molar-refractivity contribution is 5.48. The van der Waals surface area contributed by atoms with Crippen molar-refractivity contribution in [3.8, 4) is 11.5 Å². The van der Waals surface area contributed by atoms with Crippen molar-refractivity contribution < 1.29 is 29.2 Å². The molecule has 114 valence electrons. The van der Waals surface area contributed by atoms with Crippen LogP contribution in [-0.2, 0) is 24.5 Å². The molecular formula is C14H22O6. The number of hydrogen-bond acceptors (Lipinski definition) is 6. The third-order valence-corrected chi connectivity index (χ3v) is 3.66. The molecule has 0 saturated carbocycles. The van der Waals surface area contributed by atoms with Gasteiger partial charge in [-0.05, 0) is 13.0 Å². The number of phenols is 2. The van der Waals surface area contributed by atoms with Gasteiger partial charge in [0.25, 0.3) is 0 Å². The Morgan fingerprint density at radius 3 is 2.05 bits per heavy atom. The molecule has 0 radical (unpaired) electrons. The lowest BCUT2D eigenvalue weighted by Crippen LogP contribution is -2.57. The van der Waals surface area contributed by atoms with Gasteiger partial charge in [-0.2, -0.15) is 0 Å². The number of aromatic hydroxyl groups is 2. The molecule has 0 aromatic heterocycles. The molecule has 1 atom stereocenters. The molecule has 0 bridgehead atoms. The van der Waals surface area contributed by atoms with E-state index in [0.29, 0.717) is 5.56 Å². The number of hydrogen-bond donors (Lipinski definition) is 2. The number of ether oxygens (including phenoxy) is 4. The molecule has 0 saturated heterocycles. The number of para-hydroxylation sites is 1. The van der Waals surface area contributed by atoms with E-state index in [1.807, 2.05) is 0 Å². The first kappa shape index (κ1) is 16.7. The SMILES string of the molecule is COCC(OC)(OC)C(C)(OC)c1cccc(O)c1O. The van der Waals surface area contributed by atoms with Gasteiger partial charge in [-0.25, -0.2) is 0 Å². The van der Waals surface area contributed by atoms with Crippen molar-refractivity contribution in [2.24, 2.45) is 0 Å². The summed E-state index contributed by atoms with van der Waals surface area (Å²) in [5.74, 6) is -1.82. The topological polar surface area (TPSA) is 77.4 Å². The zero-order chi connectivity index (χ0) is 15.4. The number of methoxy groups -OCH3 is 4. The molecule has 2 N–H and O–H groups in total. The summed E-state index contributed by atoms with van der Waals surface area (Å²) in [5, 5.41) is 19.8. The molecule has 0 spiro atoms. The molecular weight excluding hydrogens is 264 g/mol. The van der Waals surface area contributed by atoms with Crippen LogP contribution in [0.5, 0.6) is 11.5 Å². The highest BCUT2D eigenvalue weighted by atomic mass is 16.7. The Morgan fingerprint density at radius 2 is 1.60 bits per heavy atom. The summed E-state index contributed by atoms with van der Waals surface area (Å²) in [4.78, 5) is 0. The molecule has 0 aliphatic rings. The molecule has 1 aromatic rings. The van der Waals surface area contributed by atoms with Gasteiger partial charge in [0.1, 0.15) is 12.2 Å². The van der Waals surface area contributed by atoms with E-state index in [-0.39, 0.29) is 18.1 Å². The first-order valence-electron chi connectivity index (χ1n) is 6.08. The van der Waals surface area contributed by atoms with E-state index in [4.69, 9.17) is 18.9 Å². The average Bonchev–Trinajstić information content (AvgIpc) is 2.47. The minimum atomic E-state index is -1.29. The van der Waals surface area contributed by atoms with Crippen molar-refractivity contribution in [1.29, 1.82) is 0 Å². The van der Waals surface area contributed by atoms with Crippen LogP contribution in [0.15, 0.2) is 18.2 Å². The molecule has 0 fully saturated rings. The molecule has 0 aliphatic carbocycles. The summed E-state index contributed by atoms with van der Waals surface area (Å²) in [6.07, 6.45) is 0. The van der Waals surface area contributed by atoms with Crippen molar-refractivity contribution in [1.82, 2.24) is 0 Å². The van der Waals surface area contributed by atoms with E-state index in [1.54, 1.807) is 19.1 Å². The molecule has 1 unspecified atom stereocenters. The van der Waals surface area contributed by atoms with Crippen LogP contribution in [-0.4, -0.2) is 51.0 Å². The Morgan fingerprint density at radius 1 is 1.00 bits per heavy atom. The van der Waals surface area contributed by atoms with Crippen LogP contribution in [0, 0.1) is 0 Å². The lowest BCUT2D eigenvalue weighted by Gasteiger charge is -2.45. The van der Waals surface area contributed by atoms with Crippen LogP contribution in [0.25, 0.3) is 0 Å². The lowest BCUT2D eigenvalue weighted by molar-refractivity contribution is -0.324. The summed E-state index contributed by atoms with van der Waals surface area (Å²) < 4.78 is 21.6. The zero-order valence-corrected chi connectivity index (χ0v) is 12.5. The minimum absolute atomic E-state index is 0.0689. The Bertz CT molecular complexity index is 443. The predicted molar refractivity (Wildman–Crippen MR) is 72.8 cm³/mol. The molecule has 0 heterocycles. The summed E-state index contributed by atoms with van der Waals surface area (Å²) >= 11 is 0. The monoisotopic (exact) mass is 286 g/mol. The van der Waals surface area contributed by atoms with Crippen molar-refractivity contribution in [3.63, 3.8) is 0 Å². The molecule has 20 heavy (non-hydrogen) atoms. The maximum atomic E-state index is 10.1. The van der Waals surface area contributed by atoms with Gasteiger partial charge in [0.2, 0.25) is 5.79 Å². The Labute approximate surface area is 118 Å². The van der Waals surface area contributed by atoms with Crippen LogP contribution < -0.4 is 0 Å².